The summed E-state index contributed by atoms with van der Waals surface area (Å²) in [7, 11) is 1.50. The van der Waals surface area contributed by atoms with Crippen molar-refractivity contribution in [3.05, 3.63) is 29.6 Å². The number of carboxylic acid groups (broad SMARTS) is 1. The third kappa shape index (κ3) is 4.24. The van der Waals surface area contributed by atoms with Gasteiger partial charge in [0, 0.05) is 17.1 Å². The van der Waals surface area contributed by atoms with Crippen molar-refractivity contribution >= 4 is 17.7 Å². The number of thioether (sulfide) groups is 1. The Balaban J connectivity index is 2.56. The molecule has 0 saturated heterocycles. The Kier molecular flexibility index (Phi) is 5.24. The van der Waals surface area contributed by atoms with E-state index in [2.05, 4.69) is 0 Å². The molecule has 0 heterocycles. The lowest BCUT2D eigenvalue weighted by Crippen LogP contribution is -2.32. The van der Waals surface area contributed by atoms with Gasteiger partial charge in [-0.05, 0) is 18.2 Å². The highest BCUT2D eigenvalue weighted by Crippen LogP contribution is 2.24. The van der Waals surface area contributed by atoms with E-state index in [-0.39, 0.29) is 11.6 Å². The van der Waals surface area contributed by atoms with Crippen molar-refractivity contribution in [3.63, 3.8) is 0 Å². The average molecular weight is 259 g/mol. The Labute approximate surface area is 103 Å². The highest BCUT2D eigenvalue weighted by Gasteiger charge is 2.12. The number of rotatable bonds is 6. The molecule has 94 valence electrons. The van der Waals surface area contributed by atoms with Crippen LogP contribution in [-0.4, -0.2) is 30.0 Å². The zero-order chi connectivity index (χ0) is 12.8. The number of carbonyl (C=O) groups is 1. The minimum Gasteiger partial charge on any atom is -0.496 e. The van der Waals surface area contributed by atoms with E-state index >= 15 is 0 Å². The molecule has 1 aromatic rings. The molecule has 0 bridgehead atoms. The quantitative estimate of drug-likeness (QED) is 0.809. The predicted octanol–water partition coefficient (Wildman–Crippen LogP) is 1.48. The summed E-state index contributed by atoms with van der Waals surface area (Å²) in [4.78, 5) is 10.5. The molecular weight excluding hydrogens is 245 g/mol. The summed E-state index contributed by atoms with van der Waals surface area (Å²) >= 11 is 1.33. The van der Waals surface area contributed by atoms with Gasteiger partial charge in [0.15, 0.2) is 0 Å². The fourth-order valence-corrected chi connectivity index (χ4v) is 2.19. The van der Waals surface area contributed by atoms with E-state index < -0.39 is 12.0 Å². The van der Waals surface area contributed by atoms with E-state index in [1.807, 2.05) is 0 Å². The lowest BCUT2D eigenvalue weighted by molar-refractivity contribution is -0.137. The van der Waals surface area contributed by atoms with Gasteiger partial charge in [0.05, 0.1) is 7.11 Å². The first kappa shape index (κ1) is 13.8. The number of benzene rings is 1. The Bertz CT molecular complexity index is 400. The van der Waals surface area contributed by atoms with Crippen LogP contribution in [0.15, 0.2) is 18.2 Å². The van der Waals surface area contributed by atoms with Gasteiger partial charge >= 0.3 is 5.97 Å². The number of hydrogen-bond acceptors (Lipinski definition) is 4. The van der Waals surface area contributed by atoms with Gasteiger partial charge in [0.2, 0.25) is 0 Å². The monoisotopic (exact) mass is 259 g/mol. The van der Waals surface area contributed by atoms with Crippen molar-refractivity contribution in [1.82, 2.24) is 0 Å². The molecule has 1 rings (SSSR count). The molecule has 0 aliphatic rings. The molecule has 0 aromatic heterocycles. The van der Waals surface area contributed by atoms with Crippen molar-refractivity contribution in [1.29, 1.82) is 0 Å². The van der Waals surface area contributed by atoms with E-state index in [1.54, 1.807) is 6.07 Å². The molecule has 3 N–H and O–H groups in total. The topological polar surface area (TPSA) is 72.5 Å². The number of nitrogens with two attached hydrogens (primary N) is 1. The van der Waals surface area contributed by atoms with Crippen LogP contribution in [0, 0.1) is 5.82 Å². The molecule has 1 atom stereocenters. The van der Waals surface area contributed by atoms with Gasteiger partial charge in [-0.15, -0.1) is 0 Å². The first-order chi connectivity index (χ1) is 8.04. The fourth-order valence-electron chi connectivity index (χ4n) is 1.23. The van der Waals surface area contributed by atoms with Crippen molar-refractivity contribution in [2.75, 3.05) is 12.9 Å². The maximum atomic E-state index is 13.0. The summed E-state index contributed by atoms with van der Waals surface area (Å²) in [6.45, 7) is 0. The molecule has 17 heavy (non-hydrogen) atoms. The molecule has 0 aliphatic heterocycles. The lowest BCUT2D eigenvalue weighted by Gasteiger charge is -2.09. The number of aliphatic carboxylic acids is 1. The molecule has 6 heteroatoms. The zero-order valence-electron chi connectivity index (χ0n) is 9.35. The SMILES string of the molecule is COc1ccc(F)cc1CSC[C@@H](N)C(=O)O. The summed E-state index contributed by atoms with van der Waals surface area (Å²) < 4.78 is 18.1. The number of carboxylic acids is 1. The molecule has 0 aliphatic carbocycles. The molecular formula is C11H14FNO3S. The van der Waals surface area contributed by atoms with Crippen LogP contribution in [-0.2, 0) is 10.5 Å². The summed E-state index contributed by atoms with van der Waals surface area (Å²) in [5, 5.41) is 8.60. The Morgan fingerprint density at radius 2 is 2.35 bits per heavy atom. The van der Waals surface area contributed by atoms with E-state index in [0.717, 1.165) is 0 Å². The number of halogens is 1. The van der Waals surface area contributed by atoms with Crippen LogP contribution >= 0.6 is 11.8 Å². The van der Waals surface area contributed by atoms with E-state index in [1.165, 1.54) is 31.0 Å². The zero-order valence-corrected chi connectivity index (χ0v) is 10.2. The molecule has 4 nitrogen and oxygen atoms in total. The normalized spacial score (nSPS) is 12.2. The van der Waals surface area contributed by atoms with Gasteiger partial charge in [0.1, 0.15) is 17.6 Å². The summed E-state index contributed by atoms with van der Waals surface area (Å²) in [5.41, 5.74) is 6.05. The fraction of sp³-hybridized carbons (Fsp3) is 0.364. The third-order valence-electron chi connectivity index (χ3n) is 2.11. The maximum Gasteiger partial charge on any atom is 0.321 e. The van der Waals surface area contributed by atoms with Gasteiger partial charge in [0.25, 0.3) is 0 Å². The number of methoxy groups -OCH3 is 1. The van der Waals surface area contributed by atoms with Crippen LogP contribution in [0.4, 0.5) is 4.39 Å². The van der Waals surface area contributed by atoms with Gasteiger partial charge in [-0.3, -0.25) is 4.79 Å². The second kappa shape index (κ2) is 6.46. The Hall–Kier alpha value is -1.27. The van der Waals surface area contributed by atoms with E-state index in [0.29, 0.717) is 17.1 Å². The molecule has 1 aromatic carbocycles. The van der Waals surface area contributed by atoms with Crippen LogP contribution in [0.1, 0.15) is 5.56 Å². The Morgan fingerprint density at radius 1 is 1.65 bits per heavy atom. The Morgan fingerprint density at radius 3 is 2.94 bits per heavy atom. The molecule has 0 amide bonds. The summed E-state index contributed by atoms with van der Waals surface area (Å²) in [6, 6.07) is 3.33. The maximum absolute atomic E-state index is 13.0. The van der Waals surface area contributed by atoms with Gasteiger partial charge in [-0.25, -0.2) is 4.39 Å². The highest BCUT2D eigenvalue weighted by molar-refractivity contribution is 7.98. The van der Waals surface area contributed by atoms with Crippen LogP contribution in [0.25, 0.3) is 0 Å². The van der Waals surface area contributed by atoms with Crippen molar-refractivity contribution in [2.24, 2.45) is 5.73 Å². The largest absolute Gasteiger partial charge is 0.496 e. The first-order valence-electron chi connectivity index (χ1n) is 4.93. The van der Waals surface area contributed by atoms with Crippen molar-refractivity contribution in [2.45, 2.75) is 11.8 Å². The van der Waals surface area contributed by atoms with Crippen LogP contribution in [0.5, 0.6) is 5.75 Å². The highest BCUT2D eigenvalue weighted by atomic mass is 32.2. The lowest BCUT2D eigenvalue weighted by atomic mass is 10.2. The number of hydrogen-bond donors (Lipinski definition) is 2. The minimum atomic E-state index is -1.04. The number of ether oxygens (including phenoxy) is 1. The second-order valence-corrected chi connectivity index (χ2v) is 4.45. The molecule has 0 fully saturated rings. The summed E-state index contributed by atoms with van der Waals surface area (Å²) in [6.07, 6.45) is 0. The van der Waals surface area contributed by atoms with Crippen LogP contribution in [0.2, 0.25) is 0 Å². The molecule has 0 radical (unpaired) electrons. The molecule has 0 unspecified atom stereocenters. The van der Waals surface area contributed by atoms with Crippen molar-refractivity contribution < 1.29 is 19.0 Å². The predicted molar refractivity (Wildman–Crippen MR) is 64.7 cm³/mol. The van der Waals surface area contributed by atoms with Gasteiger partial charge in [-0.1, -0.05) is 0 Å². The van der Waals surface area contributed by atoms with Crippen LogP contribution < -0.4 is 10.5 Å². The van der Waals surface area contributed by atoms with E-state index in [4.69, 9.17) is 15.6 Å². The third-order valence-corrected chi connectivity index (χ3v) is 3.22. The average Bonchev–Trinajstić information content (AvgIpc) is 2.29. The minimum absolute atomic E-state index is 0.273. The standard InChI is InChI=1S/C11H14FNO3S/c1-16-10-3-2-8(12)4-7(10)5-17-6-9(13)11(14)15/h2-4,9H,5-6,13H2,1H3,(H,14,15)/t9-/m1/s1. The molecule has 0 saturated carbocycles. The first-order valence-corrected chi connectivity index (χ1v) is 6.08. The van der Waals surface area contributed by atoms with Gasteiger partial charge in [-0.2, -0.15) is 11.8 Å². The van der Waals surface area contributed by atoms with Crippen LogP contribution in [0.3, 0.4) is 0 Å². The smallest absolute Gasteiger partial charge is 0.321 e. The van der Waals surface area contributed by atoms with Gasteiger partial charge < -0.3 is 15.6 Å². The summed E-state index contributed by atoms with van der Waals surface area (Å²) in [5.74, 6) is -0.0628. The second-order valence-electron chi connectivity index (χ2n) is 3.42. The van der Waals surface area contributed by atoms with E-state index in [9.17, 15) is 9.18 Å². The van der Waals surface area contributed by atoms with Crippen molar-refractivity contribution in [3.8, 4) is 5.75 Å². The molecule has 0 spiro atoms.